The van der Waals surface area contributed by atoms with E-state index < -0.39 is 0 Å². The molecule has 0 amide bonds. The molecular formula is C17H20ClNS. The van der Waals surface area contributed by atoms with Crippen molar-refractivity contribution >= 4 is 23.4 Å². The van der Waals surface area contributed by atoms with Gasteiger partial charge in [-0.1, -0.05) is 42.4 Å². The van der Waals surface area contributed by atoms with E-state index in [0.29, 0.717) is 0 Å². The van der Waals surface area contributed by atoms with Crippen molar-refractivity contribution in [2.24, 2.45) is 0 Å². The van der Waals surface area contributed by atoms with Gasteiger partial charge in [0.25, 0.3) is 0 Å². The predicted molar refractivity (Wildman–Crippen MR) is 88.8 cm³/mol. The summed E-state index contributed by atoms with van der Waals surface area (Å²) in [5.41, 5.74) is 2.70. The molecule has 0 aromatic heterocycles. The normalized spacial score (nSPS) is 10.8. The fourth-order valence-corrected chi connectivity index (χ4v) is 3.23. The first kappa shape index (κ1) is 15.4. The highest BCUT2D eigenvalue weighted by Gasteiger charge is 2.02. The molecule has 0 atom stereocenters. The molecule has 1 nitrogen and oxygen atoms in total. The molecule has 2 rings (SSSR count). The van der Waals surface area contributed by atoms with Gasteiger partial charge in [0.15, 0.2) is 0 Å². The highest BCUT2D eigenvalue weighted by molar-refractivity contribution is 7.99. The van der Waals surface area contributed by atoms with Crippen molar-refractivity contribution in [2.75, 3.05) is 6.54 Å². The average molecular weight is 306 g/mol. The Morgan fingerprint density at radius 2 is 1.90 bits per heavy atom. The molecule has 0 aliphatic heterocycles. The predicted octanol–water partition coefficient (Wildman–Crippen LogP) is 5.30. The van der Waals surface area contributed by atoms with E-state index in [1.54, 1.807) is 11.8 Å². The molecule has 0 radical (unpaired) electrons. The average Bonchev–Trinajstić information content (AvgIpc) is 2.41. The first-order valence-electron chi connectivity index (χ1n) is 6.92. The van der Waals surface area contributed by atoms with Crippen LogP contribution in [0.1, 0.15) is 24.5 Å². The maximum Gasteiger partial charge on any atom is 0.0417 e. The molecule has 1 N–H and O–H groups in total. The van der Waals surface area contributed by atoms with Gasteiger partial charge >= 0.3 is 0 Å². The maximum absolute atomic E-state index is 6.02. The van der Waals surface area contributed by atoms with Crippen LogP contribution >= 0.6 is 23.4 Å². The Labute approximate surface area is 130 Å². The lowest BCUT2D eigenvalue weighted by atomic mass is 10.1. The number of benzene rings is 2. The number of aryl methyl sites for hydroxylation is 1. The van der Waals surface area contributed by atoms with Gasteiger partial charge in [0, 0.05) is 21.4 Å². The van der Waals surface area contributed by atoms with Gasteiger partial charge in [0.05, 0.1) is 0 Å². The molecular weight excluding hydrogens is 286 g/mol. The van der Waals surface area contributed by atoms with Crippen LogP contribution in [0.15, 0.2) is 52.3 Å². The number of hydrogen-bond donors (Lipinski definition) is 1. The fourth-order valence-electron chi connectivity index (χ4n) is 2.00. The van der Waals surface area contributed by atoms with Gasteiger partial charge in [-0.15, -0.1) is 0 Å². The third-order valence-electron chi connectivity index (χ3n) is 3.09. The molecule has 20 heavy (non-hydrogen) atoms. The highest BCUT2D eigenvalue weighted by atomic mass is 35.5. The summed E-state index contributed by atoms with van der Waals surface area (Å²) in [6.45, 7) is 6.37. The van der Waals surface area contributed by atoms with Gasteiger partial charge in [-0.3, -0.25) is 0 Å². The highest BCUT2D eigenvalue weighted by Crippen LogP contribution is 2.30. The van der Waals surface area contributed by atoms with E-state index in [1.807, 2.05) is 18.2 Å². The Balaban J connectivity index is 2.05. The quantitative estimate of drug-likeness (QED) is 0.727. The summed E-state index contributed by atoms with van der Waals surface area (Å²) in [5.74, 6) is 0. The minimum Gasteiger partial charge on any atom is -0.313 e. The number of rotatable bonds is 6. The van der Waals surface area contributed by atoms with E-state index in [2.05, 4.69) is 43.4 Å². The lowest BCUT2D eigenvalue weighted by Gasteiger charge is -2.09. The summed E-state index contributed by atoms with van der Waals surface area (Å²) in [6, 6.07) is 14.6. The summed E-state index contributed by atoms with van der Waals surface area (Å²) in [5, 5.41) is 4.23. The molecule has 0 unspecified atom stereocenters. The van der Waals surface area contributed by atoms with Crippen molar-refractivity contribution < 1.29 is 0 Å². The van der Waals surface area contributed by atoms with Crippen LogP contribution in [-0.2, 0) is 6.54 Å². The van der Waals surface area contributed by atoms with Crippen LogP contribution in [0.2, 0.25) is 5.02 Å². The maximum atomic E-state index is 6.02. The number of hydrogen-bond acceptors (Lipinski definition) is 2. The summed E-state index contributed by atoms with van der Waals surface area (Å²) in [7, 11) is 0. The lowest BCUT2D eigenvalue weighted by molar-refractivity contribution is 0.673. The summed E-state index contributed by atoms with van der Waals surface area (Å²) in [4.78, 5) is 2.43. The van der Waals surface area contributed by atoms with Gasteiger partial charge in [-0.25, -0.2) is 0 Å². The third kappa shape index (κ3) is 4.55. The molecule has 2 aromatic rings. The second-order valence-electron chi connectivity index (χ2n) is 4.82. The Hall–Kier alpha value is -0.960. The van der Waals surface area contributed by atoms with Crippen LogP contribution in [0.4, 0.5) is 0 Å². The van der Waals surface area contributed by atoms with Crippen molar-refractivity contribution in [2.45, 2.75) is 36.6 Å². The van der Waals surface area contributed by atoms with Crippen molar-refractivity contribution in [1.82, 2.24) is 5.32 Å². The van der Waals surface area contributed by atoms with E-state index >= 15 is 0 Å². The zero-order chi connectivity index (χ0) is 14.4. The SMILES string of the molecule is CCCNCc1ccc(Sc2cccc(Cl)c2)cc1C. The zero-order valence-electron chi connectivity index (χ0n) is 11.9. The molecule has 0 aliphatic carbocycles. The molecule has 0 fully saturated rings. The number of nitrogens with one attached hydrogen (secondary N) is 1. The van der Waals surface area contributed by atoms with E-state index in [0.717, 1.165) is 18.1 Å². The van der Waals surface area contributed by atoms with Crippen molar-refractivity contribution in [3.05, 3.63) is 58.6 Å². The van der Waals surface area contributed by atoms with E-state index in [1.165, 1.54) is 27.3 Å². The zero-order valence-corrected chi connectivity index (χ0v) is 13.5. The fraction of sp³-hybridized carbons (Fsp3) is 0.294. The van der Waals surface area contributed by atoms with Crippen LogP contribution in [0.3, 0.4) is 0 Å². The minimum atomic E-state index is 0.784. The number of halogens is 1. The third-order valence-corrected chi connectivity index (χ3v) is 4.30. The molecule has 0 bridgehead atoms. The van der Waals surface area contributed by atoms with Crippen molar-refractivity contribution in [3.8, 4) is 0 Å². The second-order valence-corrected chi connectivity index (χ2v) is 6.41. The van der Waals surface area contributed by atoms with Crippen molar-refractivity contribution in [1.29, 1.82) is 0 Å². The van der Waals surface area contributed by atoms with Crippen LogP contribution in [0.25, 0.3) is 0 Å². The molecule has 106 valence electrons. The molecule has 0 aliphatic rings. The summed E-state index contributed by atoms with van der Waals surface area (Å²) in [6.07, 6.45) is 1.17. The van der Waals surface area contributed by atoms with Crippen LogP contribution in [0.5, 0.6) is 0 Å². The van der Waals surface area contributed by atoms with Crippen LogP contribution in [-0.4, -0.2) is 6.54 Å². The Kier molecular flexibility index (Phi) is 5.96. The van der Waals surface area contributed by atoms with Gasteiger partial charge in [0.1, 0.15) is 0 Å². The summed E-state index contributed by atoms with van der Waals surface area (Å²) < 4.78 is 0. The Morgan fingerprint density at radius 1 is 1.10 bits per heavy atom. The van der Waals surface area contributed by atoms with E-state index in [-0.39, 0.29) is 0 Å². The summed E-state index contributed by atoms with van der Waals surface area (Å²) >= 11 is 7.77. The molecule has 3 heteroatoms. The van der Waals surface area contributed by atoms with E-state index in [4.69, 9.17) is 11.6 Å². The first-order chi connectivity index (χ1) is 9.69. The molecule has 0 saturated heterocycles. The standard InChI is InChI=1S/C17H20ClNS/c1-3-9-19-12-14-7-8-17(10-13(14)2)20-16-6-4-5-15(18)11-16/h4-8,10-11,19H,3,9,12H2,1-2H3. The smallest absolute Gasteiger partial charge is 0.0417 e. The Bertz CT molecular complexity index is 569. The van der Waals surface area contributed by atoms with Gasteiger partial charge in [-0.2, -0.15) is 0 Å². The van der Waals surface area contributed by atoms with E-state index in [9.17, 15) is 0 Å². The monoisotopic (exact) mass is 305 g/mol. The first-order valence-corrected chi connectivity index (χ1v) is 8.12. The molecule has 0 spiro atoms. The van der Waals surface area contributed by atoms with Crippen LogP contribution < -0.4 is 5.32 Å². The van der Waals surface area contributed by atoms with Crippen molar-refractivity contribution in [3.63, 3.8) is 0 Å². The molecule has 2 aromatic carbocycles. The topological polar surface area (TPSA) is 12.0 Å². The molecule has 0 saturated carbocycles. The van der Waals surface area contributed by atoms with Gasteiger partial charge in [0.2, 0.25) is 0 Å². The lowest BCUT2D eigenvalue weighted by Crippen LogP contribution is -2.14. The molecule has 0 heterocycles. The second kappa shape index (κ2) is 7.72. The minimum absolute atomic E-state index is 0.784. The van der Waals surface area contributed by atoms with Gasteiger partial charge in [-0.05, 0) is 61.3 Å². The largest absolute Gasteiger partial charge is 0.313 e. The van der Waals surface area contributed by atoms with Gasteiger partial charge < -0.3 is 5.32 Å². The van der Waals surface area contributed by atoms with Crippen LogP contribution in [0, 0.1) is 6.92 Å². The Morgan fingerprint density at radius 3 is 2.60 bits per heavy atom.